The van der Waals surface area contributed by atoms with Crippen LogP contribution < -0.4 is 10.6 Å². The normalized spacial score (nSPS) is 13.9. The van der Waals surface area contributed by atoms with E-state index in [-0.39, 0.29) is 9.90 Å². The van der Waals surface area contributed by atoms with Crippen LogP contribution in [-0.4, -0.2) is 20.7 Å². The molecule has 2 amide bonds. The first-order chi connectivity index (χ1) is 12.6. The van der Waals surface area contributed by atoms with Crippen LogP contribution in [0.25, 0.3) is 6.08 Å². The SMILES string of the molecule is CS(=O)(=O)c1sc(NC(=O)Nc2ccc(C(F)(F)F)cc2)c2c1C=CCC2. The molecule has 5 nitrogen and oxygen atoms in total. The van der Waals surface area contributed by atoms with Gasteiger partial charge in [0.05, 0.1) is 5.56 Å². The molecule has 144 valence electrons. The fourth-order valence-electron chi connectivity index (χ4n) is 2.68. The zero-order valence-corrected chi connectivity index (χ0v) is 15.7. The quantitative estimate of drug-likeness (QED) is 0.757. The molecule has 3 rings (SSSR count). The fourth-order valence-corrected chi connectivity index (χ4v) is 5.10. The summed E-state index contributed by atoms with van der Waals surface area (Å²) >= 11 is 0.967. The van der Waals surface area contributed by atoms with Gasteiger partial charge in [0.2, 0.25) is 0 Å². The van der Waals surface area contributed by atoms with Crippen LogP contribution in [0.5, 0.6) is 0 Å². The Morgan fingerprint density at radius 2 is 1.81 bits per heavy atom. The van der Waals surface area contributed by atoms with E-state index in [1.54, 1.807) is 6.08 Å². The Labute approximate surface area is 157 Å². The molecule has 0 saturated carbocycles. The molecule has 0 unspecified atom stereocenters. The minimum Gasteiger partial charge on any atom is -0.308 e. The third-order valence-electron chi connectivity index (χ3n) is 3.89. The minimum absolute atomic E-state index is 0.179. The standard InChI is InChI=1S/C17H15F3N2O3S2/c1-27(24,25)15-13-5-3-2-4-12(13)14(26-15)22-16(23)21-11-8-6-10(7-9-11)17(18,19)20/h3,5-9H,2,4H2,1H3,(H2,21,22,23). The van der Waals surface area contributed by atoms with Gasteiger partial charge in [0.15, 0.2) is 9.84 Å². The van der Waals surface area contributed by atoms with Crippen LogP contribution in [0.4, 0.5) is 28.7 Å². The third kappa shape index (κ3) is 4.33. The van der Waals surface area contributed by atoms with Crippen molar-refractivity contribution in [3.05, 3.63) is 47.0 Å². The van der Waals surface area contributed by atoms with Gasteiger partial charge < -0.3 is 5.32 Å². The lowest BCUT2D eigenvalue weighted by atomic mass is 10.0. The average Bonchev–Trinajstić information content (AvgIpc) is 2.93. The molecule has 10 heteroatoms. The van der Waals surface area contributed by atoms with Gasteiger partial charge in [0.1, 0.15) is 9.21 Å². The van der Waals surface area contributed by atoms with Gasteiger partial charge in [-0.2, -0.15) is 13.2 Å². The number of carbonyl (C=O) groups is 1. The summed E-state index contributed by atoms with van der Waals surface area (Å²) in [6, 6.07) is 3.38. The number of urea groups is 1. The Balaban J connectivity index is 1.79. The summed E-state index contributed by atoms with van der Waals surface area (Å²) in [7, 11) is -3.45. The van der Waals surface area contributed by atoms with Crippen molar-refractivity contribution in [2.24, 2.45) is 0 Å². The molecule has 0 radical (unpaired) electrons. The Bertz CT molecular complexity index is 1010. The van der Waals surface area contributed by atoms with Crippen LogP contribution in [0, 0.1) is 0 Å². The Hall–Kier alpha value is -2.33. The van der Waals surface area contributed by atoms with E-state index in [4.69, 9.17) is 0 Å². The van der Waals surface area contributed by atoms with Crippen molar-refractivity contribution in [3.63, 3.8) is 0 Å². The lowest BCUT2D eigenvalue weighted by Gasteiger charge is -2.11. The van der Waals surface area contributed by atoms with Crippen molar-refractivity contribution in [3.8, 4) is 0 Å². The second-order valence-corrected chi connectivity index (χ2v) is 9.21. The van der Waals surface area contributed by atoms with E-state index in [1.165, 1.54) is 0 Å². The van der Waals surface area contributed by atoms with Crippen LogP contribution in [0.1, 0.15) is 23.1 Å². The number of rotatable bonds is 3. The third-order valence-corrected chi connectivity index (χ3v) is 6.90. The summed E-state index contributed by atoms with van der Waals surface area (Å²) < 4.78 is 61.8. The summed E-state index contributed by atoms with van der Waals surface area (Å²) in [4.78, 5) is 12.2. The zero-order valence-electron chi connectivity index (χ0n) is 14.1. The number of hydrogen-bond acceptors (Lipinski definition) is 4. The number of halogens is 3. The number of allylic oxidation sites excluding steroid dienone is 1. The molecule has 1 aliphatic rings. The van der Waals surface area contributed by atoms with Gasteiger partial charge in [-0.1, -0.05) is 12.2 Å². The summed E-state index contributed by atoms with van der Waals surface area (Å²) in [5, 5.41) is 5.47. The molecule has 1 aromatic heterocycles. The number of fused-ring (bicyclic) bond motifs is 1. The summed E-state index contributed by atoms with van der Waals surface area (Å²) in [6.45, 7) is 0. The van der Waals surface area contributed by atoms with Gasteiger partial charge >= 0.3 is 12.2 Å². The topological polar surface area (TPSA) is 75.3 Å². The van der Waals surface area contributed by atoms with Crippen LogP contribution in [0.2, 0.25) is 0 Å². The van der Waals surface area contributed by atoms with E-state index in [0.29, 0.717) is 17.0 Å². The Morgan fingerprint density at radius 3 is 2.41 bits per heavy atom. The second-order valence-electron chi connectivity index (χ2n) is 5.98. The van der Waals surface area contributed by atoms with Crippen molar-refractivity contribution in [2.75, 3.05) is 16.9 Å². The summed E-state index contributed by atoms with van der Waals surface area (Å²) in [5.74, 6) is 0. The lowest BCUT2D eigenvalue weighted by Crippen LogP contribution is -2.19. The number of benzene rings is 1. The molecular weight excluding hydrogens is 401 g/mol. The largest absolute Gasteiger partial charge is 0.416 e. The van der Waals surface area contributed by atoms with Crippen molar-refractivity contribution in [1.82, 2.24) is 0 Å². The number of anilines is 2. The molecule has 27 heavy (non-hydrogen) atoms. The molecule has 0 atom stereocenters. The molecule has 0 spiro atoms. The highest BCUT2D eigenvalue weighted by molar-refractivity contribution is 7.93. The predicted octanol–water partition coefficient (Wildman–Crippen LogP) is 4.77. The van der Waals surface area contributed by atoms with Gasteiger partial charge in [0, 0.05) is 17.5 Å². The highest BCUT2D eigenvalue weighted by Gasteiger charge is 2.30. The van der Waals surface area contributed by atoms with Crippen LogP contribution in [0.15, 0.2) is 34.6 Å². The molecule has 0 bridgehead atoms. The van der Waals surface area contributed by atoms with Crippen LogP contribution in [0.3, 0.4) is 0 Å². The highest BCUT2D eigenvalue weighted by atomic mass is 32.2. The number of sulfone groups is 1. The van der Waals surface area contributed by atoms with Crippen molar-refractivity contribution in [2.45, 2.75) is 23.2 Å². The monoisotopic (exact) mass is 416 g/mol. The summed E-state index contributed by atoms with van der Waals surface area (Å²) in [5.41, 5.74) is 0.698. The number of hydrogen-bond donors (Lipinski definition) is 2. The second kappa shape index (κ2) is 7.01. The highest BCUT2D eigenvalue weighted by Crippen LogP contribution is 2.40. The number of alkyl halides is 3. The average molecular weight is 416 g/mol. The Morgan fingerprint density at radius 1 is 1.15 bits per heavy atom. The van der Waals surface area contributed by atoms with Crippen LogP contribution in [-0.2, 0) is 22.4 Å². The first-order valence-electron chi connectivity index (χ1n) is 7.83. The number of amides is 2. The van der Waals surface area contributed by atoms with E-state index in [1.807, 2.05) is 6.08 Å². The summed E-state index contributed by atoms with van der Waals surface area (Å²) in [6.07, 6.45) is 1.57. The Kier molecular flexibility index (Phi) is 5.04. The molecule has 0 fully saturated rings. The number of nitrogens with one attached hydrogen (secondary N) is 2. The molecule has 2 aromatic rings. The molecule has 1 aliphatic carbocycles. The first-order valence-corrected chi connectivity index (χ1v) is 10.5. The maximum Gasteiger partial charge on any atom is 0.416 e. The first kappa shape index (κ1) is 19.4. The maximum absolute atomic E-state index is 12.6. The van der Waals surface area contributed by atoms with Gasteiger partial charge in [-0.05, 0) is 42.7 Å². The molecule has 2 N–H and O–H groups in total. The maximum atomic E-state index is 12.6. The molecule has 0 aliphatic heterocycles. The van der Waals surface area contributed by atoms with Gasteiger partial charge in [-0.25, -0.2) is 13.2 Å². The van der Waals surface area contributed by atoms with E-state index in [0.717, 1.165) is 53.8 Å². The smallest absolute Gasteiger partial charge is 0.308 e. The van der Waals surface area contributed by atoms with Gasteiger partial charge in [-0.15, -0.1) is 11.3 Å². The van der Waals surface area contributed by atoms with E-state index in [2.05, 4.69) is 10.6 Å². The molecule has 0 saturated heterocycles. The van der Waals surface area contributed by atoms with Crippen molar-refractivity contribution in [1.29, 1.82) is 0 Å². The molecule has 1 heterocycles. The van der Waals surface area contributed by atoms with Crippen molar-refractivity contribution >= 4 is 44.0 Å². The number of carbonyl (C=O) groups excluding carboxylic acids is 1. The minimum atomic E-state index is -4.45. The van der Waals surface area contributed by atoms with E-state index in [9.17, 15) is 26.4 Å². The van der Waals surface area contributed by atoms with Gasteiger partial charge in [0.25, 0.3) is 0 Å². The van der Waals surface area contributed by atoms with E-state index < -0.39 is 27.6 Å². The zero-order chi connectivity index (χ0) is 19.8. The van der Waals surface area contributed by atoms with E-state index >= 15 is 0 Å². The van der Waals surface area contributed by atoms with Crippen molar-refractivity contribution < 1.29 is 26.4 Å². The van der Waals surface area contributed by atoms with Gasteiger partial charge in [-0.3, -0.25) is 5.32 Å². The number of thiophene rings is 1. The fraction of sp³-hybridized carbons (Fsp3) is 0.235. The lowest BCUT2D eigenvalue weighted by molar-refractivity contribution is -0.137. The molecular formula is C17H15F3N2O3S2. The molecule has 1 aromatic carbocycles. The van der Waals surface area contributed by atoms with Crippen LogP contribution >= 0.6 is 11.3 Å². The predicted molar refractivity (Wildman–Crippen MR) is 98.9 cm³/mol.